The van der Waals surface area contributed by atoms with Gasteiger partial charge in [0.1, 0.15) is 0 Å². The molecule has 3 aromatic carbocycles. The van der Waals surface area contributed by atoms with E-state index in [1.54, 1.807) is 6.08 Å². The van der Waals surface area contributed by atoms with E-state index >= 15 is 0 Å². The topological polar surface area (TPSA) is 27.0 Å². The highest BCUT2D eigenvalue weighted by molar-refractivity contribution is 5.76. The third-order valence-electron chi connectivity index (χ3n) is 3.53. The van der Waals surface area contributed by atoms with Crippen LogP contribution >= 0.6 is 0 Å². The van der Waals surface area contributed by atoms with Crippen LogP contribution in [0.1, 0.15) is 5.56 Å². The van der Waals surface area contributed by atoms with Gasteiger partial charge in [0.2, 0.25) is 0 Å². The van der Waals surface area contributed by atoms with Crippen LogP contribution in [0.5, 0.6) is 0 Å². The first-order chi connectivity index (χ1) is 11.4. The SMILES string of the molecule is N#C/C=C/c1ccc(N(c2ccccc2)c2ccccc2)cc1. The first-order valence-corrected chi connectivity index (χ1v) is 7.45. The smallest absolute Gasteiger partial charge is 0.0912 e. The zero-order valence-electron chi connectivity index (χ0n) is 12.6. The van der Waals surface area contributed by atoms with E-state index in [1.807, 2.05) is 54.6 Å². The third kappa shape index (κ3) is 3.48. The fourth-order valence-electron chi connectivity index (χ4n) is 2.47. The molecule has 2 nitrogen and oxygen atoms in total. The molecule has 0 amide bonds. The molecule has 0 saturated carbocycles. The Kier molecular flexibility index (Phi) is 4.52. The fourth-order valence-corrected chi connectivity index (χ4v) is 2.47. The van der Waals surface area contributed by atoms with Crippen LogP contribution in [0.3, 0.4) is 0 Å². The molecular weight excluding hydrogens is 280 g/mol. The van der Waals surface area contributed by atoms with Gasteiger partial charge in [0.15, 0.2) is 0 Å². The second kappa shape index (κ2) is 7.11. The normalized spacial score (nSPS) is 10.4. The van der Waals surface area contributed by atoms with Crippen LogP contribution in [-0.2, 0) is 0 Å². The van der Waals surface area contributed by atoms with Crippen LogP contribution in [0.2, 0.25) is 0 Å². The van der Waals surface area contributed by atoms with Gasteiger partial charge in [-0.25, -0.2) is 0 Å². The lowest BCUT2D eigenvalue weighted by atomic mass is 10.1. The van der Waals surface area contributed by atoms with Crippen molar-refractivity contribution < 1.29 is 0 Å². The largest absolute Gasteiger partial charge is 0.311 e. The molecule has 0 aliphatic carbocycles. The van der Waals surface area contributed by atoms with Gasteiger partial charge in [0.05, 0.1) is 6.07 Å². The first kappa shape index (κ1) is 14.6. The summed E-state index contributed by atoms with van der Waals surface area (Å²) in [6.07, 6.45) is 3.29. The number of hydrogen-bond acceptors (Lipinski definition) is 2. The van der Waals surface area contributed by atoms with E-state index < -0.39 is 0 Å². The summed E-state index contributed by atoms with van der Waals surface area (Å²) < 4.78 is 0. The van der Waals surface area contributed by atoms with Crippen LogP contribution in [0.4, 0.5) is 17.1 Å². The molecule has 0 spiro atoms. The maximum Gasteiger partial charge on any atom is 0.0912 e. The minimum Gasteiger partial charge on any atom is -0.311 e. The predicted octanol–water partition coefficient (Wildman–Crippen LogP) is 5.69. The maximum atomic E-state index is 8.62. The summed E-state index contributed by atoms with van der Waals surface area (Å²) in [5.74, 6) is 0. The minimum absolute atomic E-state index is 1.01. The van der Waals surface area contributed by atoms with Crippen molar-refractivity contribution in [3.05, 3.63) is 96.6 Å². The molecule has 23 heavy (non-hydrogen) atoms. The van der Waals surface area contributed by atoms with E-state index in [4.69, 9.17) is 5.26 Å². The third-order valence-corrected chi connectivity index (χ3v) is 3.53. The van der Waals surface area contributed by atoms with Gasteiger partial charge >= 0.3 is 0 Å². The first-order valence-electron chi connectivity index (χ1n) is 7.45. The molecule has 2 heteroatoms. The number of para-hydroxylation sites is 2. The maximum absolute atomic E-state index is 8.62. The van der Waals surface area contributed by atoms with Crippen molar-refractivity contribution in [2.24, 2.45) is 0 Å². The van der Waals surface area contributed by atoms with Crippen molar-refractivity contribution in [3.63, 3.8) is 0 Å². The molecule has 0 aromatic heterocycles. The summed E-state index contributed by atoms with van der Waals surface area (Å²) in [7, 11) is 0. The number of benzene rings is 3. The fraction of sp³-hybridized carbons (Fsp3) is 0. The van der Waals surface area contributed by atoms with Gasteiger partial charge in [-0.05, 0) is 48.0 Å². The van der Waals surface area contributed by atoms with Crippen molar-refractivity contribution >= 4 is 23.1 Å². The summed E-state index contributed by atoms with van der Waals surface area (Å²) in [5.41, 5.74) is 4.31. The van der Waals surface area contributed by atoms with E-state index in [-0.39, 0.29) is 0 Å². The van der Waals surface area contributed by atoms with Gasteiger partial charge in [-0.2, -0.15) is 5.26 Å². The van der Waals surface area contributed by atoms with E-state index in [2.05, 4.69) is 41.3 Å². The quantitative estimate of drug-likeness (QED) is 0.578. The summed E-state index contributed by atoms with van der Waals surface area (Å²) in [4.78, 5) is 2.21. The molecule has 110 valence electrons. The van der Waals surface area contributed by atoms with Gasteiger partial charge in [-0.1, -0.05) is 48.5 Å². The molecule has 0 N–H and O–H groups in total. The molecule has 3 rings (SSSR count). The Morgan fingerprint density at radius 3 is 1.61 bits per heavy atom. The van der Waals surface area contributed by atoms with Crippen LogP contribution in [0.25, 0.3) is 6.08 Å². The lowest BCUT2D eigenvalue weighted by Crippen LogP contribution is -2.09. The molecule has 0 unspecified atom stereocenters. The number of hydrogen-bond donors (Lipinski definition) is 0. The Morgan fingerprint density at radius 2 is 1.13 bits per heavy atom. The van der Waals surface area contributed by atoms with E-state index in [0.717, 1.165) is 22.6 Å². The predicted molar refractivity (Wildman–Crippen MR) is 95.8 cm³/mol. The Bertz CT molecular complexity index is 774. The van der Waals surface area contributed by atoms with Crippen LogP contribution in [0.15, 0.2) is 91.0 Å². The minimum atomic E-state index is 1.01. The van der Waals surface area contributed by atoms with Crippen molar-refractivity contribution in [1.82, 2.24) is 0 Å². The zero-order chi connectivity index (χ0) is 15.9. The number of anilines is 3. The summed E-state index contributed by atoms with van der Waals surface area (Å²) in [6, 6.07) is 30.7. The lowest BCUT2D eigenvalue weighted by Gasteiger charge is -2.25. The zero-order valence-corrected chi connectivity index (χ0v) is 12.6. The van der Waals surface area contributed by atoms with Crippen LogP contribution in [-0.4, -0.2) is 0 Å². The Balaban J connectivity index is 2.03. The number of allylic oxidation sites excluding steroid dienone is 1. The molecule has 0 bridgehead atoms. The monoisotopic (exact) mass is 296 g/mol. The second-order valence-electron chi connectivity index (χ2n) is 5.06. The van der Waals surface area contributed by atoms with E-state index in [0.29, 0.717) is 0 Å². The average molecular weight is 296 g/mol. The van der Waals surface area contributed by atoms with E-state index in [1.165, 1.54) is 6.08 Å². The summed E-state index contributed by atoms with van der Waals surface area (Å²) in [5, 5.41) is 8.62. The Labute approximate surface area is 136 Å². The number of nitrogens with zero attached hydrogens (tertiary/aromatic N) is 2. The molecule has 3 aromatic rings. The lowest BCUT2D eigenvalue weighted by molar-refractivity contribution is 1.28. The standard InChI is InChI=1S/C21H16N2/c22-17-7-8-18-13-15-21(16-14-18)23(19-9-3-1-4-10-19)20-11-5-2-6-12-20/h1-16H/b8-7+. The van der Waals surface area contributed by atoms with Gasteiger partial charge < -0.3 is 4.90 Å². The molecule has 0 aliphatic rings. The van der Waals surface area contributed by atoms with Gasteiger partial charge in [0, 0.05) is 23.1 Å². The Hall–Kier alpha value is -3.31. The molecule has 0 fully saturated rings. The van der Waals surface area contributed by atoms with Crippen molar-refractivity contribution in [2.75, 3.05) is 4.90 Å². The summed E-state index contributed by atoms with van der Waals surface area (Å²) >= 11 is 0. The van der Waals surface area contributed by atoms with Crippen molar-refractivity contribution in [1.29, 1.82) is 5.26 Å². The van der Waals surface area contributed by atoms with E-state index in [9.17, 15) is 0 Å². The Morgan fingerprint density at radius 1 is 0.652 bits per heavy atom. The highest BCUT2D eigenvalue weighted by Crippen LogP contribution is 2.34. The molecule has 0 heterocycles. The molecule has 0 radical (unpaired) electrons. The van der Waals surface area contributed by atoms with Gasteiger partial charge in [0.25, 0.3) is 0 Å². The van der Waals surface area contributed by atoms with Crippen LogP contribution in [0, 0.1) is 11.3 Å². The highest BCUT2D eigenvalue weighted by atomic mass is 15.1. The van der Waals surface area contributed by atoms with Crippen molar-refractivity contribution in [2.45, 2.75) is 0 Å². The van der Waals surface area contributed by atoms with Gasteiger partial charge in [-0.3, -0.25) is 0 Å². The molecule has 0 saturated heterocycles. The number of rotatable bonds is 4. The molecule has 0 atom stereocenters. The highest BCUT2D eigenvalue weighted by Gasteiger charge is 2.10. The molecular formula is C21H16N2. The average Bonchev–Trinajstić information content (AvgIpc) is 2.63. The van der Waals surface area contributed by atoms with Gasteiger partial charge in [-0.15, -0.1) is 0 Å². The van der Waals surface area contributed by atoms with Crippen molar-refractivity contribution in [3.8, 4) is 6.07 Å². The number of nitriles is 1. The summed E-state index contributed by atoms with van der Waals surface area (Å²) in [6.45, 7) is 0. The second-order valence-corrected chi connectivity index (χ2v) is 5.06. The molecule has 0 aliphatic heterocycles. The van der Waals surface area contributed by atoms with Crippen LogP contribution < -0.4 is 4.90 Å².